The predicted molar refractivity (Wildman–Crippen MR) is 123 cm³/mol. The van der Waals surface area contributed by atoms with Crippen molar-refractivity contribution in [2.24, 2.45) is 0 Å². The maximum Gasteiger partial charge on any atom is 0.315 e. The van der Waals surface area contributed by atoms with E-state index >= 15 is 0 Å². The van der Waals surface area contributed by atoms with E-state index in [-0.39, 0.29) is 17.0 Å². The summed E-state index contributed by atoms with van der Waals surface area (Å²) in [5.74, 6) is 0.828. The average Bonchev–Trinajstić information content (AvgIpc) is 2.78. The van der Waals surface area contributed by atoms with E-state index in [1.54, 1.807) is 31.4 Å². The van der Waals surface area contributed by atoms with Crippen molar-refractivity contribution in [1.29, 1.82) is 0 Å². The molecule has 31 heavy (non-hydrogen) atoms. The fraction of sp³-hybridized carbons (Fsp3) is 0.435. The summed E-state index contributed by atoms with van der Waals surface area (Å²) in [4.78, 5) is 12.4. The van der Waals surface area contributed by atoms with Crippen LogP contribution in [0.2, 0.25) is 0 Å². The van der Waals surface area contributed by atoms with E-state index in [1.807, 2.05) is 45.0 Å². The number of methoxy groups -OCH3 is 1. The van der Waals surface area contributed by atoms with Crippen LogP contribution in [0.25, 0.3) is 0 Å². The molecule has 0 bridgehead atoms. The van der Waals surface area contributed by atoms with Gasteiger partial charge in [-0.05, 0) is 55.2 Å². The number of hydrogen-bond acceptors (Lipinski definition) is 4. The molecule has 170 valence electrons. The van der Waals surface area contributed by atoms with Crippen LogP contribution in [0, 0.1) is 0 Å². The zero-order valence-corrected chi connectivity index (χ0v) is 19.5. The van der Waals surface area contributed by atoms with Gasteiger partial charge in [0.1, 0.15) is 5.75 Å². The number of benzene rings is 2. The Morgan fingerprint density at radius 1 is 1.03 bits per heavy atom. The lowest BCUT2D eigenvalue weighted by Gasteiger charge is -2.19. The van der Waals surface area contributed by atoms with Crippen LogP contribution < -0.4 is 15.4 Å². The Balaban J connectivity index is 1.81. The lowest BCUT2D eigenvalue weighted by molar-refractivity contribution is 0.238. The molecule has 0 saturated carbocycles. The third-order valence-corrected chi connectivity index (χ3v) is 7.22. The van der Waals surface area contributed by atoms with Crippen molar-refractivity contribution in [1.82, 2.24) is 14.9 Å². The minimum Gasteiger partial charge on any atom is -0.497 e. The number of sulfonamides is 1. The first-order valence-corrected chi connectivity index (χ1v) is 12.0. The molecule has 0 aromatic heterocycles. The molecular weight excluding hydrogens is 414 g/mol. The van der Waals surface area contributed by atoms with Crippen molar-refractivity contribution in [3.05, 3.63) is 59.7 Å². The number of nitrogens with zero attached hydrogens (tertiary/aromatic N) is 1. The van der Waals surface area contributed by atoms with Crippen LogP contribution in [0.15, 0.2) is 53.4 Å². The van der Waals surface area contributed by atoms with Crippen LogP contribution in [-0.4, -0.2) is 45.5 Å². The van der Waals surface area contributed by atoms with Crippen LogP contribution >= 0.6 is 0 Å². The van der Waals surface area contributed by atoms with Crippen LogP contribution in [0.1, 0.15) is 44.4 Å². The Bertz CT molecular complexity index is 924. The van der Waals surface area contributed by atoms with Crippen molar-refractivity contribution in [2.75, 3.05) is 26.7 Å². The molecule has 1 unspecified atom stereocenters. The number of ether oxygens (including phenoxy) is 1. The summed E-state index contributed by atoms with van der Waals surface area (Å²) < 4.78 is 31.7. The van der Waals surface area contributed by atoms with Gasteiger partial charge in [0, 0.05) is 19.6 Å². The second-order valence-corrected chi connectivity index (χ2v) is 9.17. The molecule has 2 amide bonds. The highest BCUT2D eigenvalue weighted by molar-refractivity contribution is 7.89. The average molecular weight is 448 g/mol. The molecule has 0 saturated heterocycles. The Kier molecular flexibility index (Phi) is 9.33. The molecule has 1 atom stereocenters. The predicted octanol–water partition coefficient (Wildman–Crippen LogP) is 3.72. The summed E-state index contributed by atoms with van der Waals surface area (Å²) in [5.41, 5.74) is 2.03. The number of urea groups is 1. The summed E-state index contributed by atoms with van der Waals surface area (Å²) in [6.45, 7) is 6.92. The first kappa shape index (κ1) is 24.7. The second-order valence-electron chi connectivity index (χ2n) is 7.23. The molecule has 0 fully saturated rings. The normalized spacial score (nSPS) is 12.4. The zero-order chi connectivity index (χ0) is 22.9. The molecule has 0 aliphatic heterocycles. The molecule has 0 aliphatic rings. The third kappa shape index (κ3) is 6.97. The number of rotatable bonds is 11. The molecule has 7 nitrogen and oxygen atoms in total. The lowest BCUT2D eigenvalue weighted by Crippen LogP contribution is -2.37. The highest BCUT2D eigenvalue weighted by atomic mass is 32.2. The zero-order valence-electron chi connectivity index (χ0n) is 18.7. The van der Waals surface area contributed by atoms with Crippen molar-refractivity contribution in [3.63, 3.8) is 0 Å². The summed E-state index contributed by atoms with van der Waals surface area (Å²) in [6.07, 6.45) is 1.69. The van der Waals surface area contributed by atoms with Gasteiger partial charge in [-0.1, -0.05) is 38.1 Å². The van der Waals surface area contributed by atoms with Crippen LogP contribution in [0.5, 0.6) is 5.75 Å². The van der Waals surface area contributed by atoms with Crippen molar-refractivity contribution in [3.8, 4) is 5.75 Å². The second kappa shape index (κ2) is 11.7. The van der Waals surface area contributed by atoms with Gasteiger partial charge >= 0.3 is 6.03 Å². The van der Waals surface area contributed by atoms with E-state index in [0.29, 0.717) is 19.6 Å². The van der Waals surface area contributed by atoms with E-state index < -0.39 is 10.0 Å². The summed E-state index contributed by atoms with van der Waals surface area (Å²) in [5, 5.41) is 5.75. The number of nitrogens with one attached hydrogen (secondary N) is 2. The first-order valence-electron chi connectivity index (χ1n) is 10.6. The Morgan fingerprint density at radius 3 is 2.19 bits per heavy atom. The standard InChI is InChI=1S/C23H33N3O4S/c1-5-26(6-2)31(28,29)22-15-11-20(12-16-22)18(3)25-23(27)24-17-7-8-19-9-13-21(30-4)14-10-19/h9-16,18H,5-8,17H2,1-4H3,(H2,24,25,27). The van der Waals surface area contributed by atoms with E-state index in [1.165, 1.54) is 9.87 Å². The fourth-order valence-corrected chi connectivity index (χ4v) is 4.72. The van der Waals surface area contributed by atoms with Gasteiger partial charge in [0.2, 0.25) is 10.0 Å². The number of carbonyl (C=O) groups excluding carboxylic acids is 1. The maximum absolute atomic E-state index is 12.6. The van der Waals surface area contributed by atoms with E-state index in [9.17, 15) is 13.2 Å². The minimum atomic E-state index is -3.48. The number of hydrogen-bond donors (Lipinski definition) is 2. The van der Waals surface area contributed by atoms with Gasteiger partial charge in [0.25, 0.3) is 0 Å². The molecule has 2 aromatic carbocycles. The Labute approximate surface area is 185 Å². The van der Waals surface area contributed by atoms with Crippen LogP contribution in [-0.2, 0) is 16.4 Å². The van der Waals surface area contributed by atoms with Crippen molar-refractivity contribution in [2.45, 2.75) is 44.6 Å². The van der Waals surface area contributed by atoms with E-state index in [0.717, 1.165) is 24.2 Å². The molecule has 2 N–H and O–H groups in total. The largest absolute Gasteiger partial charge is 0.497 e. The summed E-state index contributed by atoms with van der Waals surface area (Å²) in [6, 6.07) is 14.1. The molecule has 0 radical (unpaired) electrons. The highest BCUT2D eigenvalue weighted by Crippen LogP contribution is 2.19. The van der Waals surface area contributed by atoms with Gasteiger partial charge < -0.3 is 15.4 Å². The number of aryl methyl sites for hydroxylation is 1. The Morgan fingerprint density at radius 2 is 1.65 bits per heavy atom. The fourth-order valence-electron chi connectivity index (χ4n) is 3.26. The molecule has 0 aliphatic carbocycles. The quantitative estimate of drug-likeness (QED) is 0.514. The SMILES string of the molecule is CCN(CC)S(=O)(=O)c1ccc(C(C)NC(=O)NCCCc2ccc(OC)cc2)cc1. The topological polar surface area (TPSA) is 87.7 Å². The first-order chi connectivity index (χ1) is 14.8. The smallest absolute Gasteiger partial charge is 0.315 e. The van der Waals surface area contributed by atoms with E-state index in [4.69, 9.17) is 4.74 Å². The molecule has 0 heterocycles. The van der Waals surface area contributed by atoms with Gasteiger partial charge in [-0.25, -0.2) is 13.2 Å². The number of carbonyl (C=O) groups is 1. The molecule has 2 rings (SSSR count). The van der Waals surface area contributed by atoms with Crippen molar-refractivity contribution >= 4 is 16.1 Å². The lowest BCUT2D eigenvalue weighted by atomic mass is 10.1. The molecule has 2 aromatic rings. The van der Waals surface area contributed by atoms with Crippen LogP contribution in [0.3, 0.4) is 0 Å². The third-order valence-electron chi connectivity index (χ3n) is 5.16. The monoisotopic (exact) mass is 447 g/mol. The van der Waals surface area contributed by atoms with E-state index in [2.05, 4.69) is 10.6 Å². The van der Waals surface area contributed by atoms with Gasteiger partial charge in [-0.2, -0.15) is 4.31 Å². The van der Waals surface area contributed by atoms with Crippen LogP contribution in [0.4, 0.5) is 4.79 Å². The van der Waals surface area contributed by atoms with Crippen molar-refractivity contribution < 1.29 is 17.9 Å². The summed E-state index contributed by atoms with van der Waals surface area (Å²) in [7, 11) is -1.84. The maximum atomic E-state index is 12.6. The molecular formula is C23H33N3O4S. The Hall–Kier alpha value is -2.58. The van der Waals surface area contributed by atoms with Gasteiger partial charge in [0.05, 0.1) is 18.0 Å². The van der Waals surface area contributed by atoms with Gasteiger partial charge in [-0.3, -0.25) is 0 Å². The number of amides is 2. The highest BCUT2D eigenvalue weighted by Gasteiger charge is 2.21. The molecule has 0 spiro atoms. The van der Waals surface area contributed by atoms with Gasteiger partial charge in [-0.15, -0.1) is 0 Å². The van der Waals surface area contributed by atoms with Gasteiger partial charge in [0.15, 0.2) is 0 Å². The molecule has 8 heteroatoms. The minimum absolute atomic E-state index is 0.244. The summed E-state index contributed by atoms with van der Waals surface area (Å²) >= 11 is 0.